The minimum Gasteiger partial charge on any atom is -0.392 e. The number of ether oxygens (including phenoxy) is 1. The molecule has 1 aromatic carbocycles. The molecule has 2 rings (SSSR count). The lowest BCUT2D eigenvalue weighted by atomic mass is 9.84. The van der Waals surface area contributed by atoms with Gasteiger partial charge < -0.3 is 9.84 Å². The van der Waals surface area contributed by atoms with Crippen molar-refractivity contribution in [1.82, 2.24) is 4.98 Å². The highest BCUT2D eigenvalue weighted by molar-refractivity contribution is 5.13. The van der Waals surface area contributed by atoms with Gasteiger partial charge in [0.15, 0.2) is 0 Å². The van der Waals surface area contributed by atoms with Crippen molar-refractivity contribution >= 4 is 0 Å². The molecule has 0 spiro atoms. The molecule has 3 nitrogen and oxygen atoms in total. The Morgan fingerprint density at radius 1 is 1.10 bits per heavy atom. The molecule has 0 saturated carbocycles. The number of aliphatic hydroxyl groups excluding tert-OH is 1. The van der Waals surface area contributed by atoms with Gasteiger partial charge in [-0.1, -0.05) is 50.2 Å². The lowest BCUT2D eigenvalue weighted by Gasteiger charge is -2.30. The van der Waals surface area contributed by atoms with Gasteiger partial charge in [-0.3, -0.25) is 4.98 Å². The molecule has 112 valence electrons. The first-order valence-electron chi connectivity index (χ1n) is 7.26. The van der Waals surface area contributed by atoms with E-state index in [2.05, 4.69) is 4.98 Å². The molecule has 21 heavy (non-hydrogen) atoms. The molecule has 0 aliphatic rings. The average Bonchev–Trinajstić information content (AvgIpc) is 2.49. The summed E-state index contributed by atoms with van der Waals surface area (Å²) in [5.74, 6) is 0. The molecule has 0 bridgehead atoms. The van der Waals surface area contributed by atoms with E-state index in [0.717, 1.165) is 11.1 Å². The Bertz CT molecular complexity index is 525. The summed E-state index contributed by atoms with van der Waals surface area (Å²) in [5, 5.41) is 10.4. The molecule has 2 aromatic rings. The second-order valence-corrected chi connectivity index (χ2v) is 6.05. The van der Waals surface area contributed by atoms with Crippen LogP contribution >= 0.6 is 0 Å². The monoisotopic (exact) mass is 285 g/mol. The van der Waals surface area contributed by atoms with Crippen molar-refractivity contribution in [2.24, 2.45) is 5.41 Å². The van der Waals surface area contributed by atoms with Crippen LogP contribution in [0, 0.1) is 5.41 Å². The lowest BCUT2D eigenvalue weighted by Crippen LogP contribution is -2.35. The van der Waals surface area contributed by atoms with Crippen molar-refractivity contribution in [3.63, 3.8) is 0 Å². The number of nitrogens with zero attached hydrogens (tertiary/aromatic N) is 1. The van der Waals surface area contributed by atoms with Crippen molar-refractivity contribution in [2.75, 3.05) is 6.61 Å². The van der Waals surface area contributed by atoms with Gasteiger partial charge in [-0.05, 0) is 17.2 Å². The van der Waals surface area contributed by atoms with E-state index >= 15 is 0 Å². The zero-order valence-corrected chi connectivity index (χ0v) is 12.7. The fourth-order valence-corrected chi connectivity index (χ4v) is 2.12. The molecule has 0 aliphatic carbocycles. The molecule has 1 atom stereocenters. The van der Waals surface area contributed by atoms with E-state index < -0.39 is 6.10 Å². The molecule has 1 heterocycles. The first-order valence-corrected chi connectivity index (χ1v) is 7.26. The Balaban J connectivity index is 1.83. The van der Waals surface area contributed by atoms with Crippen molar-refractivity contribution in [3.8, 4) is 0 Å². The van der Waals surface area contributed by atoms with Gasteiger partial charge in [-0.2, -0.15) is 0 Å². The summed E-state index contributed by atoms with van der Waals surface area (Å²) < 4.78 is 5.77. The molecule has 0 amide bonds. The molecule has 3 heteroatoms. The fraction of sp³-hybridized carbons (Fsp3) is 0.389. The maximum absolute atomic E-state index is 10.4. The summed E-state index contributed by atoms with van der Waals surface area (Å²) in [6.45, 7) is 5.14. The highest BCUT2D eigenvalue weighted by atomic mass is 16.5. The summed E-state index contributed by atoms with van der Waals surface area (Å²) in [7, 11) is 0. The van der Waals surface area contributed by atoms with Gasteiger partial charge in [0.05, 0.1) is 19.3 Å². The normalized spacial score (nSPS) is 13.1. The third kappa shape index (κ3) is 4.96. The second kappa shape index (κ2) is 7.34. The van der Waals surface area contributed by atoms with Crippen LogP contribution in [0.15, 0.2) is 54.9 Å². The Labute approximate surface area is 126 Å². The van der Waals surface area contributed by atoms with E-state index in [1.807, 2.05) is 56.3 Å². The van der Waals surface area contributed by atoms with Crippen molar-refractivity contribution in [3.05, 3.63) is 66.0 Å². The molecule has 0 unspecified atom stereocenters. The summed E-state index contributed by atoms with van der Waals surface area (Å²) in [6.07, 6.45) is 3.67. The van der Waals surface area contributed by atoms with Crippen LogP contribution < -0.4 is 0 Å². The minimum atomic E-state index is -0.461. The molecule has 0 fully saturated rings. The molecule has 0 radical (unpaired) electrons. The van der Waals surface area contributed by atoms with E-state index in [1.165, 1.54) is 0 Å². The van der Waals surface area contributed by atoms with Crippen LogP contribution in [0.4, 0.5) is 0 Å². The van der Waals surface area contributed by atoms with Crippen LogP contribution in [0.3, 0.4) is 0 Å². The molecule has 0 saturated heterocycles. The smallest absolute Gasteiger partial charge is 0.0717 e. The zero-order valence-electron chi connectivity index (χ0n) is 12.7. The van der Waals surface area contributed by atoms with Gasteiger partial charge >= 0.3 is 0 Å². The standard InChI is InChI=1S/C18H23NO2/c1-18(2,14-21-13-15-7-4-3-5-8-15)17(20)11-16-9-6-10-19-12-16/h3-10,12,17,20H,11,13-14H2,1-2H3/t17-/m0/s1. The zero-order chi connectivity index (χ0) is 15.1. The minimum absolute atomic E-state index is 0.301. The maximum atomic E-state index is 10.4. The van der Waals surface area contributed by atoms with Crippen molar-refractivity contribution in [1.29, 1.82) is 0 Å². The fourth-order valence-electron chi connectivity index (χ4n) is 2.12. The predicted molar refractivity (Wildman–Crippen MR) is 83.8 cm³/mol. The molecule has 1 aromatic heterocycles. The number of rotatable bonds is 7. The number of hydrogen-bond acceptors (Lipinski definition) is 3. The van der Waals surface area contributed by atoms with Crippen molar-refractivity contribution in [2.45, 2.75) is 33.0 Å². The van der Waals surface area contributed by atoms with Crippen LogP contribution in [0.25, 0.3) is 0 Å². The third-order valence-corrected chi connectivity index (χ3v) is 3.64. The van der Waals surface area contributed by atoms with Gasteiger partial charge in [0, 0.05) is 24.2 Å². The molecule has 1 N–H and O–H groups in total. The number of pyridine rings is 1. The summed E-state index contributed by atoms with van der Waals surface area (Å²) in [5.41, 5.74) is 1.89. The van der Waals surface area contributed by atoms with Crippen LogP contribution in [0.5, 0.6) is 0 Å². The summed E-state index contributed by atoms with van der Waals surface area (Å²) in [6, 6.07) is 13.9. The Hall–Kier alpha value is -1.71. The van der Waals surface area contributed by atoms with Crippen molar-refractivity contribution < 1.29 is 9.84 Å². The Kier molecular flexibility index (Phi) is 5.48. The predicted octanol–water partition coefficient (Wildman–Crippen LogP) is 3.23. The Morgan fingerprint density at radius 2 is 1.81 bits per heavy atom. The topological polar surface area (TPSA) is 42.4 Å². The van der Waals surface area contributed by atoms with E-state index in [4.69, 9.17) is 4.74 Å². The van der Waals surface area contributed by atoms with Gasteiger partial charge in [0.25, 0.3) is 0 Å². The quantitative estimate of drug-likeness (QED) is 0.849. The first kappa shape index (κ1) is 15.7. The van der Waals surface area contributed by atoms with Crippen LogP contribution in [-0.2, 0) is 17.8 Å². The van der Waals surface area contributed by atoms with Gasteiger partial charge in [0.1, 0.15) is 0 Å². The highest BCUT2D eigenvalue weighted by Gasteiger charge is 2.28. The van der Waals surface area contributed by atoms with E-state index in [1.54, 1.807) is 12.4 Å². The first-order chi connectivity index (χ1) is 10.1. The van der Waals surface area contributed by atoms with Crippen LogP contribution in [0.1, 0.15) is 25.0 Å². The van der Waals surface area contributed by atoms with E-state index in [9.17, 15) is 5.11 Å². The van der Waals surface area contributed by atoms with E-state index in [-0.39, 0.29) is 5.41 Å². The number of benzene rings is 1. The number of aromatic nitrogens is 1. The van der Waals surface area contributed by atoms with Crippen LogP contribution in [-0.4, -0.2) is 22.8 Å². The maximum Gasteiger partial charge on any atom is 0.0717 e. The van der Waals surface area contributed by atoms with Gasteiger partial charge in [-0.25, -0.2) is 0 Å². The van der Waals surface area contributed by atoms with E-state index in [0.29, 0.717) is 19.6 Å². The largest absolute Gasteiger partial charge is 0.392 e. The molecular formula is C18H23NO2. The highest BCUT2D eigenvalue weighted by Crippen LogP contribution is 2.24. The average molecular weight is 285 g/mol. The number of aliphatic hydroxyl groups is 1. The molecule has 0 aliphatic heterocycles. The van der Waals surface area contributed by atoms with Crippen LogP contribution in [0.2, 0.25) is 0 Å². The Morgan fingerprint density at radius 3 is 2.48 bits per heavy atom. The van der Waals surface area contributed by atoms with Gasteiger partial charge in [0.2, 0.25) is 0 Å². The summed E-state index contributed by atoms with van der Waals surface area (Å²) in [4.78, 5) is 4.08. The second-order valence-electron chi connectivity index (χ2n) is 6.05. The number of hydrogen-bond donors (Lipinski definition) is 1. The summed E-state index contributed by atoms with van der Waals surface area (Å²) >= 11 is 0. The molecular weight excluding hydrogens is 262 g/mol. The lowest BCUT2D eigenvalue weighted by molar-refractivity contribution is -0.0285. The van der Waals surface area contributed by atoms with Gasteiger partial charge in [-0.15, -0.1) is 0 Å². The SMILES string of the molecule is CC(C)(COCc1ccccc1)[C@@H](O)Cc1cccnc1. The third-order valence-electron chi connectivity index (χ3n) is 3.64.